The zero-order valence-corrected chi connectivity index (χ0v) is 13.8. The van der Waals surface area contributed by atoms with Crippen LogP contribution in [0.15, 0.2) is 28.7 Å². The molecule has 1 fully saturated rings. The third kappa shape index (κ3) is 3.25. The molecule has 2 aromatic heterocycles. The Bertz CT molecular complexity index is 644. The van der Waals surface area contributed by atoms with E-state index < -0.39 is 0 Å². The molecule has 3 heterocycles. The van der Waals surface area contributed by atoms with Crippen molar-refractivity contribution in [2.75, 3.05) is 26.8 Å². The van der Waals surface area contributed by atoms with Crippen molar-refractivity contribution in [1.29, 1.82) is 0 Å². The van der Waals surface area contributed by atoms with Crippen LogP contribution in [-0.2, 0) is 4.74 Å². The number of furan rings is 1. The summed E-state index contributed by atoms with van der Waals surface area (Å²) in [5, 5.41) is 0. The minimum Gasteiger partial charge on any atom is -0.461 e. The highest BCUT2D eigenvalue weighted by atomic mass is 32.1. The second-order valence-corrected chi connectivity index (χ2v) is 6.87. The number of nitrogens with zero attached hydrogens (tertiary/aromatic N) is 1. The van der Waals surface area contributed by atoms with Gasteiger partial charge in [-0.15, -0.1) is 11.3 Å². The number of rotatable bonds is 4. The average Bonchev–Trinajstić information content (AvgIpc) is 3.16. The lowest BCUT2D eigenvalue weighted by Crippen LogP contribution is -2.40. The predicted molar refractivity (Wildman–Crippen MR) is 87.3 cm³/mol. The first-order chi connectivity index (χ1) is 10.7. The summed E-state index contributed by atoms with van der Waals surface area (Å²) in [6.45, 7) is 4.28. The van der Waals surface area contributed by atoms with Gasteiger partial charge in [0, 0.05) is 20.2 Å². The summed E-state index contributed by atoms with van der Waals surface area (Å²) in [6.07, 6.45) is 2.19. The lowest BCUT2D eigenvalue weighted by Gasteiger charge is -2.32. The van der Waals surface area contributed by atoms with Crippen LogP contribution in [0.25, 0.3) is 10.6 Å². The molecule has 1 aliphatic heterocycles. The van der Waals surface area contributed by atoms with Crippen LogP contribution in [0, 0.1) is 12.8 Å². The minimum absolute atomic E-state index is 0.125. The van der Waals surface area contributed by atoms with Crippen molar-refractivity contribution in [3.63, 3.8) is 0 Å². The topological polar surface area (TPSA) is 42.7 Å². The van der Waals surface area contributed by atoms with Crippen LogP contribution in [0.4, 0.5) is 0 Å². The van der Waals surface area contributed by atoms with E-state index in [-0.39, 0.29) is 5.91 Å². The van der Waals surface area contributed by atoms with E-state index in [1.54, 1.807) is 7.11 Å². The molecule has 3 rings (SSSR count). The molecule has 0 unspecified atom stereocenters. The summed E-state index contributed by atoms with van der Waals surface area (Å²) in [6, 6.07) is 7.76. The number of carbonyl (C=O) groups is 1. The molecule has 5 heteroatoms. The maximum atomic E-state index is 12.7. The van der Waals surface area contributed by atoms with Gasteiger partial charge in [-0.25, -0.2) is 0 Å². The standard InChI is InChI=1S/C17H21NO3S/c1-12-5-6-14(21-12)15-7-8-16(22-15)17(19)18-9-3-4-13(10-18)11-20-2/h5-8,13H,3-4,9-11H2,1-2H3/t13-/m1/s1. The predicted octanol–water partition coefficient (Wildman–Crippen LogP) is 3.82. The van der Waals surface area contributed by atoms with Gasteiger partial charge < -0.3 is 14.1 Å². The van der Waals surface area contributed by atoms with Gasteiger partial charge in [-0.2, -0.15) is 0 Å². The van der Waals surface area contributed by atoms with Crippen molar-refractivity contribution in [3.8, 4) is 10.6 Å². The van der Waals surface area contributed by atoms with Crippen LogP contribution in [-0.4, -0.2) is 37.6 Å². The van der Waals surface area contributed by atoms with Gasteiger partial charge in [0.05, 0.1) is 16.4 Å². The maximum absolute atomic E-state index is 12.7. The summed E-state index contributed by atoms with van der Waals surface area (Å²) in [7, 11) is 1.72. The Balaban J connectivity index is 1.71. The van der Waals surface area contributed by atoms with Crippen LogP contribution in [0.1, 0.15) is 28.3 Å². The van der Waals surface area contributed by atoms with E-state index in [0.717, 1.165) is 53.8 Å². The number of thiophene rings is 1. The Kier molecular flexibility index (Phi) is 4.64. The lowest BCUT2D eigenvalue weighted by molar-refractivity contribution is 0.0575. The molecule has 22 heavy (non-hydrogen) atoms. The third-order valence-electron chi connectivity index (χ3n) is 4.01. The lowest BCUT2D eigenvalue weighted by atomic mass is 9.99. The normalized spacial score (nSPS) is 18.6. The van der Waals surface area contributed by atoms with Crippen LogP contribution in [0.5, 0.6) is 0 Å². The minimum atomic E-state index is 0.125. The zero-order valence-electron chi connectivity index (χ0n) is 13.0. The second kappa shape index (κ2) is 6.67. The van der Waals surface area contributed by atoms with Crippen molar-refractivity contribution < 1.29 is 13.9 Å². The summed E-state index contributed by atoms with van der Waals surface area (Å²) in [4.78, 5) is 16.4. The fraction of sp³-hybridized carbons (Fsp3) is 0.471. The number of ether oxygens (including phenoxy) is 1. The van der Waals surface area contributed by atoms with Crippen LogP contribution < -0.4 is 0 Å². The fourth-order valence-electron chi connectivity index (χ4n) is 2.93. The van der Waals surface area contributed by atoms with Gasteiger partial charge in [0.15, 0.2) is 0 Å². The molecule has 0 N–H and O–H groups in total. The Morgan fingerprint density at radius 1 is 1.41 bits per heavy atom. The molecule has 4 nitrogen and oxygen atoms in total. The highest BCUT2D eigenvalue weighted by Gasteiger charge is 2.25. The van der Waals surface area contributed by atoms with Crippen LogP contribution >= 0.6 is 11.3 Å². The third-order valence-corrected chi connectivity index (χ3v) is 5.10. The van der Waals surface area contributed by atoms with E-state index in [0.29, 0.717) is 5.92 Å². The van der Waals surface area contributed by atoms with Crippen LogP contribution in [0.2, 0.25) is 0 Å². The molecule has 0 aromatic carbocycles. The number of amides is 1. The molecule has 118 valence electrons. The number of likely N-dealkylation sites (tertiary alicyclic amines) is 1. The molecule has 1 atom stereocenters. The van der Waals surface area contributed by atoms with E-state index in [9.17, 15) is 4.79 Å². The quantitative estimate of drug-likeness (QED) is 0.860. The molecular weight excluding hydrogens is 298 g/mol. The Labute approximate surface area is 134 Å². The Morgan fingerprint density at radius 2 is 2.27 bits per heavy atom. The van der Waals surface area contributed by atoms with Crippen molar-refractivity contribution >= 4 is 17.2 Å². The van der Waals surface area contributed by atoms with Gasteiger partial charge in [-0.05, 0) is 49.9 Å². The van der Waals surface area contributed by atoms with E-state index in [1.165, 1.54) is 11.3 Å². The van der Waals surface area contributed by atoms with Gasteiger partial charge >= 0.3 is 0 Å². The number of methoxy groups -OCH3 is 1. The summed E-state index contributed by atoms with van der Waals surface area (Å²) >= 11 is 1.50. The largest absolute Gasteiger partial charge is 0.461 e. The number of hydrogen-bond acceptors (Lipinski definition) is 4. The summed E-state index contributed by atoms with van der Waals surface area (Å²) < 4.78 is 10.9. The van der Waals surface area contributed by atoms with Gasteiger partial charge in [0.25, 0.3) is 5.91 Å². The molecule has 2 aromatic rings. The first-order valence-electron chi connectivity index (χ1n) is 7.62. The Morgan fingerprint density at radius 3 is 3.00 bits per heavy atom. The van der Waals surface area contributed by atoms with Crippen LogP contribution in [0.3, 0.4) is 0 Å². The van der Waals surface area contributed by atoms with E-state index in [2.05, 4.69) is 0 Å². The van der Waals surface area contributed by atoms with Crippen molar-refractivity contribution in [2.45, 2.75) is 19.8 Å². The first-order valence-corrected chi connectivity index (χ1v) is 8.44. The van der Waals surface area contributed by atoms with Gasteiger partial charge in [-0.1, -0.05) is 0 Å². The molecule has 0 saturated carbocycles. The smallest absolute Gasteiger partial charge is 0.263 e. The molecule has 1 amide bonds. The SMILES string of the molecule is COC[C@@H]1CCCN(C(=O)c2ccc(-c3ccc(C)o3)s2)C1. The summed E-state index contributed by atoms with van der Waals surface area (Å²) in [5.41, 5.74) is 0. The number of piperidine rings is 1. The van der Waals surface area contributed by atoms with Crippen molar-refractivity contribution in [1.82, 2.24) is 4.90 Å². The molecule has 0 radical (unpaired) electrons. The monoisotopic (exact) mass is 319 g/mol. The zero-order chi connectivity index (χ0) is 15.5. The number of carbonyl (C=O) groups excluding carboxylic acids is 1. The molecule has 0 aliphatic carbocycles. The van der Waals surface area contributed by atoms with Gasteiger partial charge in [-0.3, -0.25) is 4.79 Å². The first kappa shape index (κ1) is 15.3. The van der Waals surface area contributed by atoms with E-state index in [4.69, 9.17) is 9.15 Å². The van der Waals surface area contributed by atoms with Crippen molar-refractivity contribution in [2.24, 2.45) is 5.92 Å². The van der Waals surface area contributed by atoms with Crippen molar-refractivity contribution in [3.05, 3.63) is 34.9 Å². The average molecular weight is 319 g/mol. The molecule has 1 saturated heterocycles. The maximum Gasteiger partial charge on any atom is 0.263 e. The number of aryl methyl sites for hydroxylation is 1. The number of hydrogen-bond donors (Lipinski definition) is 0. The summed E-state index contributed by atoms with van der Waals surface area (Å²) in [5.74, 6) is 2.29. The molecular formula is C17H21NO3S. The van der Waals surface area contributed by atoms with Gasteiger partial charge in [0.1, 0.15) is 11.5 Å². The van der Waals surface area contributed by atoms with Gasteiger partial charge in [0.2, 0.25) is 0 Å². The fourth-order valence-corrected chi connectivity index (χ4v) is 3.87. The second-order valence-electron chi connectivity index (χ2n) is 5.79. The molecule has 0 bridgehead atoms. The Hall–Kier alpha value is -1.59. The molecule has 0 spiro atoms. The van der Waals surface area contributed by atoms with E-state index in [1.807, 2.05) is 36.1 Å². The highest BCUT2D eigenvalue weighted by Crippen LogP contribution is 2.31. The van der Waals surface area contributed by atoms with E-state index >= 15 is 0 Å². The molecule has 1 aliphatic rings. The highest BCUT2D eigenvalue weighted by molar-refractivity contribution is 7.17.